The third-order valence-electron chi connectivity index (χ3n) is 4.27. The smallest absolute Gasteiger partial charge is 0.361 e. The Labute approximate surface area is 150 Å². The monoisotopic (exact) mass is 386 g/mol. The molecule has 2 aliphatic heterocycles. The summed E-state index contributed by atoms with van der Waals surface area (Å²) in [7, 11) is 0. The van der Waals surface area contributed by atoms with Crippen LogP contribution in [-0.2, 0) is 9.63 Å². The Bertz CT molecular complexity index is 786. The molecule has 1 fully saturated rings. The second-order valence-electron chi connectivity index (χ2n) is 6.03. The molecule has 0 aromatic heterocycles. The summed E-state index contributed by atoms with van der Waals surface area (Å²) in [6, 6.07) is 6.30. The first-order valence-electron chi connectivity index (χ1n) is 8.00. The quantitative estimate of drug-likeness (QED) is 0.453. The van der Waals surface area contributed by atoms with E-state index in [1.54, 1.807) is 12.1 Å². The number of nitrogens with zero attached hydrogens (tertiary/aromatic N) is 2. The van der Waals surface area contributed by atoms with Gasteiger partial charge in [0.2, 0.25) is 0 Å². The first-order chi connectivity index (χ1) is 12.7. The van der Waals surface area contributed by atoms with E-state index in [-0.39, 0.29) is 36.2 Å². The number of carbonyl (C=O) groups excluding carboxylic acids is 3. The molecule has 1 aromatic carbocycles. The summed E-state index contributed by atoms with van der Waals surface area (Å²) in [6.45, 7) is -0.837. The Kier molecular flexibility index (Phi) is 5.01. The zero-order valence-corrected chi connectivity index (χ0v) is 13.8. The normalized spacial score (nSPS) is 22.3. The largest absolute Gasteiger partial charge is 0.492 e. The number of benzene rings is 1. The molecule has 0 saturated carbocycles. The van der Waals surface area contributed by atoms with Crippen LogP contribution in [0.3, 0.4) is 0 Å². The molecule has 144 valence electrons. The van der Waals surface area contributed by atoms with E-state index in [0.29, 0.717) is 5.06 Å². The Hall–Kier alpha value is -2.75. The Morgan fingerprint density at radius 1 is 1.19 bits per heavy atom. The van der Waals surface area contributed by atoms with E-state index >= 15 is 0 Å². The highest BCUT2D eigenvalue weighted by Crippen LogP contribution is 2.25. The van der Waals surface area contributed by atoms with Gasteiger partial charge in [0.1, 0.15) is 6.17 Å². The summed E-state index contributed by atoms with van der Waals surface area (Å²) in [5.41, 5.74) is 0.768. The van der Waals surface area contributed by atoms with Crippen molar-refractivity contribution in [1.82, 2.24) is 9.96 Å². The molecule has 1 unspecified atom stereocenters. The van der Waals surface area contributed by atoms with Crippen molar-refractivity contribution in [2.45, 2.75) is 18.8 Å². The van der Waals surface area contributed by atoms with Crippen molar-refractivity contribution in [2.75, 3.05) is 19.6 Å². The van der Waals surface area contributed by atoms with Crippen LogP contribution in [0.25, 0.3) is 0 Å². The predicted molar refractivity (Wildman–Crippen MR) is 83.1 cm³/mol. The molecule has 3 rings (SSSR count). The van der Waals surface area contributed by atoms with E-state index < -0.39 is 36.7 Å². The van der Waals surface area contributed by atoms with E-state index in [4.69, 9.17) is 0 Å². The number of hydroxylamine groups is 2. The molecule has 2 heterocycles. The van der Waals surface area contributed by atoms with Crippen LogP contribution < -0.4 is 0 Å². The summed E-state index contributed by atoms with van der Waals surface area (Å²) in [6.07, 6.45) is -5.48. The zero-order valence-electron chi connectivity index (χ0n) is 13.8. The summed E-state index contributed by atoms with van der Waals surface area (Å²) in [4.78, 5) is 40.4. The van der Waals surface area contributed by atoms with Crippen molar-refractivity contribution in [3.05, 3.63) is 47.0 Å². The van der Waals surface area contributed by atoms with Gasteiger partial charge in [-0.1, -0.05) is 18.2 Å². The lowest BCUT2D eigenvalue weighted by Crippen LogP contribution is -2.42. The molecule has 0 radical (unpaired) electrons. The number of imide groups is 1. The molecule has 2 aliphatic rings. The summed E-state index contributed by atoms with van der Waals surface area (Å²) in [5.74, 6) is -3.38. The van der Waals surface area contributed by atoms with E-state index in [1.807, 2.05) is 0 Å². The lowest BCUT2D eigenvalue weighted by Gasteiger charge is -2.29. The molecule has 1 aromatic rings. The van der Waals surface area contributed by atoms with Gasteiger partial charge in [-0.3, -0.25) is 14.5 Å². The number of rotatable bonds is 3. The fourth-order valence-electron chi connectivity index (χ4n) is 2.89. The molecule has 10 heteroatoms. The van der Waals surface area contributed by atoms with Crippen LogP contribution in [0.15, 0.2) is 35.9 Å². The van der Waals surface area contributed by atoms with E-state index in [1.165, 1.54) is 18.2 Å². The third kappa shape index (κ3) is 3.85. The summed E-state index contributed by atoms with van der Waals surface area (Å²) >= 11 is 0. The number of hydrogen-bond donors (Lipinski definition) is 0. The van der Waals surface area contributed by atoms with Crippen molar-refractivity contribution in [1.29, 1.82) is 0 Å². The maximum Gasteiger partial charge on any atom is 0.492 e. The van der Waals surface area contributed by atoms with Crippen LogP contribution >= 0.6 is 0 Å². The number of piperidine rings is 1. The number of amides is 2. The molecular formula is C17H14F4N2O4. The number of fused-ring (bicyclic) bond motifs is 1. The fraction of sp³-hybridized carbons (Fsp3) is 0.353. The lowest BCUT2D eigenvalue weighted by molar-refractivity contribution is -0.241. The van der Waals surface area contributed by atoms with Crippen LogP contribution in [0, 0.1) is 0 Å². The minimum Gasteiger partial charge on any atom is -0.361 e. The van der Waals surface area contributed by atoms with Crippen molar-refractivity contribution < 1.29 is 36.8 Å². The number of halogens is 4. The van der Waals surface area contributed by atoms with Gasteiger partial charge < -0.3 is 4.84 Å². The third-order valence-corrected chi connectivity index (χ3v) is 4.27. The average Bonchev–Trinajstić information content (AvgIpc) is 2.85. The minimum atomic E-state index is -5.16. The first kappa shape index (κ1) is 19.0. The van der Waals surface area contributed by atoms with Crippen molar-refractivity contribution in [3.8, 4) is 0 Å². The number of alkyl halides is 4. The second kappa shape index (κ2) is 7.10. The SMILES string of the molecule is O=C1c2ccccc2C(=O)N1C/C=C1\CCN(OC(=O)C(F)(F)F)CC1F. The van der Waals surface area contributed by atoms with Crippen LogP contribution in [0.5, 0.6) is 0 Å². The standard InChI is InChI=1S/C17H14F4N2O4/c18-13-9-22(27-16(26)17(19,20)21)7-5-10(13)6-8-23-14(24)11-3-1-2-4-12(11)15(23)25/h1-4,6,13H,5,7-9H2/b10-6+. The fourth-order valence-corrected chi connectivity index (χ4v) is 2.89. The molecule has 0 aliphatic carbocycles. The highest BCUT2D eigenvalue weighted by molar-refractivity contribution is 6.21. The molecule has 0 spiro atoms. The van der Waals surface area contributed by atoms with E-state index in [0.717, 1.165) is 4.90 Å². The van der Waals surface area contributed by atoms with E-state index in [2.05, 4.69) is 4.84 Å². The molecule has 0 bridgehead atoms. The number of hydrogen-bond acceptors (Lipinski definition) is 5. The van der Waals surface area contributed by atoms with Crippen molar-refractivity contribution in [2.24, 2.45) is 0 Å². The lowest BCUT2D eigenvalue weighted by atomic mass is 10.0. The minimum absolute atomic E-state index is 0.00449. The van der Waals surface area contributed by atoms with Gasteiger partial charge in [-0.05, 0) is 24.1 Å². The van der Waals surface area contributed by atoms with Gasteiger partial charge in [0.15, 0.2) is 0 Å². The second-order valence-corrected chi connectivity index (χ2v) is 6.03. The van der Waals surface area contributed by atoms with Gasteiger partial charge in [0.25, 0.3) is 11.8 Å². The molecule has 1 atom stereocenters. The Morgan fingerprint density at radius 2 is 1.78 bits per heavy atom. The molecule has 2 amide bonds. The summed E-state index contributed by atoms with van der Waals surface area (Å²) in [5, 5.41) is 0.611. The molecule has 1 saturated heterocycles. The maximum atomic E-state index is 14.2. The highest BCUT2D eigenvalue weighted by Gasteiger charge is 2.43. The van der Waals surface area contributed by atoms with Crippen molar-refractivity contribution >= 4 is 17.8 Å². The van der Waals surface area contributed by atoms with E-state index in [9.17, 15) is 31.9 Å². The summed E-state index contributed by atoms with van der Waals surface area (Å²) < 4.78 is 50.8. The van der Waals surface area contributed by atoms with Crippen LogP contribution in [-0.4, -0.2) is 59.7 Å². The molecular weight excluding hydrogens is 372 g/mol. The van der Waals surface area contributed by atoms with Gasteiger partial charge in [0, 0.05) is 13.1 Å². The topological polar surface area (TPSA) is 66.9 Å². The van der Waals surface area contributed by atoms with Gasteiger partial charge >= 0.3 is 12.1 Å². The highest BCUT2D eigenvalue weighted by atomic mass is 19.4. The zero-order chi connectivity index (χ0) is 19.8. The van der Waals surface area contributed by atoms with Crippen LogP contribution in [0.2, 0.25) is 0 Å². The molecule has 0 N–H and O–H groups in total. The average molecular weight is 386 g/mol. The predicted octanol–water partition coefficient (Wildman–Crippen LogP) is 2.27. The van der Waals surface area contributed by atoms with Gasteiger partial charge in [-0.25, -0.2) is 9.18 Å². The Balaban J connectivity index is 1.61. The molecule has 6 nitrogen and oxygen atoms in total. The van der Waals surface area contributed by atoms with Crippen LogP contribution in [0.4, 0.5) is 17.6 Å². The molecule has 27 heavy (non-hydrogen) atoms. The number of carbonyl (C=O) groups is 3. The first-order valence-corrected chi connectivity index (χ1v) is 8.00. The Morgan fingerprint density at radius 3 is 2.30 bits per heavy atom. The van der Waals surface area contributed by atoms with Gasteiger partial charge in [-0.2, -0.15) is 13.2 Å². The van der Waals surface area contributed by atoms with Crippen molar-refractivity contribution in [3.63, 3.8) is 0 Å². The van der Waals surface area contributed by atoms with Gasteiger partial charge in [-0.15, -0.1) is 5.06 Å². The maximum absolute atomic E-state index is 14.2. The van der Waals surface area contributed by atoms with Gasteiger partial charge in [0.05, 0.1) is 17.7 Å². The van der Waals surface area contributed by atoms with Crippen LogP contribution in [0.1, 0.15) is 27.1 Å².